The smallest absolute Gasteiger partial charge is 0.0919 e. The Labute approximate surface area is 116 Å². The van der Waals surface area contributed by atoms with Crippen LogP contribution in [0.4, 0.5) is 0 Å². The molecule has 0 atom stereocenters. The van der Waals surface area contributed by atoms with Gasteiger partial charge in [0.15, 0.2) is 0 Å². The average Bonchev–Trinajstić information content (AvgIpc) is 2.89. The second-order valence-electron chi connectivity index (χ2n) is 4.25. The number of rotatable bonds is 3. The first kappa shape index (κ1) is 11.9. The summed E-state index contributed by atoms with van der Waals surface area (Å²) >= 11 is 6.13. The molecule has 94 valence electrons. The summed E-state index contributed by atoms with van der Waals surface area (Å²) in [6.45, 7) is 0.741. The highest BCUT2D eigenvalue weighted by Crippen LogP contribution is 2.24. The fraction of sp³-hybridized carbons (Fsp3) is 0.0667. The third-order valence-corrected chi connectivity index (χ3v) is 3.16. The highest BCUT2D eigenvalue weighted by atomic mass is 35.5. The highest BCUT2D eigenvalue weighted by molar-refractivity contribution is 6.32. The van der Waals surface area contributed by atoms with Crippen molar-refractivity contribution in [1.29, 1.82) is 0 Å². The first-order valence-corrected chi connectivity index (χ1v) is 6.38. The molecule has 0 N–H and O–H groups in total. The molecule has 3 nitrogen and oxygen atoms in total. The van der Waals surface area contributed by atoms with Crippen LogP contribution >= 0.6 is 11.6 Å². The minimum absolute atomic E-state index is 0.641. The van der Waals surface area contributed by atoms with Crippen LogP contribution in [0, 0.1) is 0 Å². The van der Waals surface area contributed by atoms with Crippen LogP contribution in [0.3, 0.4) is 0 Å². The van der Waals surface area contributed by atoms with E-state index >= 15 is 0 Å². The lowest BCUT2D eigenvalue weighted by Gasteiger charge is -2.01. The van der Waals surface area contributed by atoms with Crippen LogP contribution in [0.1, 0.15) is 5.56 Å². The first-order chi connectivity index (χ1) is 9.33. The van der Waals surface area contributed by atoms with Gasteiger partial charge in [-0.15, -0.1) is 0 Å². The van der Waals surface area contributed by atoms with E-state index < -0.39 is 0 Å². The Hall–Kier alpha value is -2.13. The topological polar surface area (TPSA) is 30.7 Å². The van der Waals surface area contributed by atoms with Crippen LogP contribution < -0.4 is 0 Å². The number of aromatic nitrogens is 3. The minimum Gasteiger partial charge on any atom is -0.268 e. The lowest BCUT2D eigenvalue weighted by molar-refractivity contribution is 0.687. The van der Waals surface area contributed by atoms with Crippen molar-refractivity contribution in [3.63, 3.8) is 0 Å². The molecule has 3 aromatic rings. The van der Waals surface area contributed by atoms with E-state index in [1.807, 2.05) is 41.2 Å². The SMILES string of the molecule is Clc1cccnc1-c1cnn(Cc2ccccc2)c1. The lowest BCUT2D eigenvalue weighted by Crippen LogP contribution is -1.99. The van der Waals surface area contributed by atoms with Gasteiger partial charge in [0.1, 0.15) is 0 Å². The van der Waals surface area contributed by atoms with Gasteiger partial charge in [-0.25, -0.2) is 0 Å². The van der Waals surface area contributed by atoms with E-state index in [4.69, 9.17) is 11.6 Å². The molecule has 3 rings (SSSR count). The molecule has 0 aliphatic heterocycles. The molecular weight excluding hydrogens is 258 g/mol. The molecule has 0 fully saturated rings. The summed E-state index contributed by atoms with van der Waals surface area (Å²) in [4.78, 5) is 4.28. The van der Waals surface area contributed by atoms with Crippen molar-refractivity contribution in [1.82, 2.24) is 14.8 Å². The highest BCUT2D eigenvalue weighted by Gasteiger charge is 2.07. The third kappa shape index (κ3) is 2.66. The molecule has 0 radical (unpaired) electrons. The van der Waals surface area contributed by atoms with Gasteiger partial charge in [0.2, 0.25) is 0 Å². The molecule has 0 aliphatic carbocycles. The minimum atomic E-state index is 0.641. The van der Waals surface area contributed by atoms with Crippen molar-refractivity contribution in [2.75, 3.05) is 0 Å². The monoisotopic (exact) mass is 269 g/mol. The van der Waals surface area contributed by atoms with Crippen molar-refractivity contribution in [2.45, 2.75) is 6.54 Å². The van der Waals surface area contributed by atoms with Crippen molar-refractivity contribution in [3.8, 4) is 11.3 Å². The van der Waals surface area contributed by atoms with Crippen LogP contribution in [-0.2, 0) is 6.54 Å². The number of nitrogens with zero attached hydrogens (tertiary/aromatic N) is 3. The summed E-state index contributed by atoms with van der Waals surface area (Å²) in [7, 11) is 0. The maximum Gasteiger partial charge on any atom is 0.0919 e. The van der Waals surface area contributed by atoms with Crippen LogP contribution in [0.5, 0.6) is 0 Å². The Morgan fingerprint density at radius 2 is 1.89 bits per heavy atom. The van der Waals surface area contributed by atoms with E-state index in [-0.39, 0.29) is 0 Å². The maximum absolute atomic E-state index is 6.13. The van der Waals surface area contributed by atoms with Crippen LogP contribution in [0.25, 0.3) is 11.3 Å². The van der Waals surface area contributed by atoms with Gasteiger partial charge in [-0.3, -0.25) is 9.67 Å². The molecule has 2 heterocycles. The zero-order valence-corrected chi connectivity index (χ0v) is 11.0. The van der Waals surface area contributed by atoms with Gasteiger partial charge in [0.25, 0.3) is 0 Å². The predicted molar refractivity (Wildman–Crippen MR) is 76.0 cm³/mol. The van der Waals surface area contributed by atoms with E-state index in [1.165, 1.54) is 5.56 Å². The quantitative estimate of drug-likeness (QED) is 0.727. The molecule has 0 aliphatic rings. The van der Waals surface area contributed by atoms with Crippen molar-refractivity contribution in [2.24, 2.45) is 0 Å². The Balaban J connectivity index is 1.86. The van der Waals surface area contributed by atoms with Gasteiger partial charge in [-0.05, 0) is 17.7 Å². The maximum atomic E-state index is 6.13. The zero-order valence-electron chi connectivity index (χ0n) is 10.2. The molecule has 4 heteroatoms. The lowest BCUT2D eigenvalue weighted by atomic mass is 10.2. The molecule has 0 saturated carbocycles. The number of hydrogen-bond donors (Lipinski definition) is 0. The largest absolute Gasteiger partial charge is 0.268 e. The fourth-order valence-electron chi connectivity index (χ4n) is 1.94. The van der Waals surface area contributed by atoms with E-state index in [0.717, 1.165) is 17.8 Å². The van der Waals surface area contributed by atoms with Crippen molar-refractivity contribution in [3.05, 3.63) is 71.6 Å². The predicted octanol–water partition coefficient (Wildman–Crippen LogP) is 3.65. The van der Waals surface area contributed by atoms with Crippen LogP contribution in [0.2, 0.25) is 5.02 Å². The Morgan fingerprint density at radius 1 is 1.05 bits per heavy atom. The molecule has 0 amide bonds. The van der Waals surface area contributed by atoms with Gasteiger partial charge in [0.05, 0.1) is 23.5 Å². The average molecular weight is 270 g/mol. The Bertz CT molecular complexity index is 677. The summed E-state index contributed by atoms with van der Waals surface area (Å²) in [6.07, 6.45) is 5.48. The van der Waals surface area contributed by atoms with Gasteiger partial charge < -0.3 is 0 Å². The van der Waals surface area contributed by atoms with E-state index in [9.17, 15) is 0 Å². The second-order valence-corrected chi connectivity index (χ2v) is 4.65. The van der Waals surface area contributed by atoms with Gasteiger partial charge >= 0.3 is 0 Å². The summed E-state index contributed by atoms with van der Waals surface area (Å²) in [6, 6.07) is 13.9. The number of halogens is 1. The second kappa shape index (κ2) is 5.24. The molecule has 2 aromatic heterocycles. The van der Waals surface area contributed by atoms with Crippen molar-refractivity contribution >= 4 is 11.6 Å². The molecule has 19 heavy (non-hydrogen) atoms. The summed E-state index contributed by atoms with van der Waals surface area (Å²) < 4.78 is 1.88. The van der Waals surface area contributed by atoms with Gasteiger partial charge in [-0.2, -0.15) is 5.10 Å². The summed E-state index contributed by atoms with van der Waals surface area (Å²) in [5.74, 6) is 0. The molecule has 0 bridgehead atoms. The number of benzene rings is 1. The molecular formula is C15H12ClN3. The van der Waals surface area contributed by atoms with Crippen LogP contribution in [0.15, 0.2) is 61.1 Å². The van der Waals surface area contributed by atoms with E-state index in [1.54, 1.807) is 12.4 Å². The fourth-order valence-corrected chi connectivity index (χ4v) is 2.17. The molecule has 0 saturated heterocycles. The van der Waals surface area contributed by atoms with Crippen LogP contribution in [-0.4, -0.2) is 14.8 Å². The number of pyridine rings is 1. The van der Waals surface area contributed by atoms with Gasteiger partial charge in [0, 0.05) is 18.0 Å². The van der Waals surface area contributed by atoms with Gasteiger partial charge in [-0.1, -0.05) is 41.9 Å². The standard InChI is InChI=1S/C15H12ClN3/c16-14-7-4-8-17-15(14)13-9-18-19(11-13)10-12-5-2-1-3-6-12/h1-9,11H,10H2. The molecule has 0 spiro atoms. The Kier molecular flexibility index (Phi) is 3.29. The molecule has 1 aromatic carbocycles. The molecule has 0 unspecified atom stereocenters. The van der Waals surface area contributed by atoms with E-state index in [0.29, 0.717) is 5.02 Å². The normalized spacial score (nSPS) is 10.6. The number of hydrogen-bond acceptors (Lipinski definition) is 2. The summed E-state index contributed by atoms with van der Waals surface area (Å²) in [5, 5.41) is 4.99. The van der Waals surface area contributed by atoms with Crippen molar-refractivity contribution < 1.29 is 0 Å². The Morgan fingerprint density at radius 3 is 2.68 bits per heavy atom. The van der Waals surface area contributed by atoms with E-state index in [2.05, 4.69) is 22.2 Å². The first-order valence-electron chi connectivity index (χ1n) is 6.00. The summed E-state index contributed by atoms with van der Waals surface area (Å²) in [5.41, 5.74) is 2.91. The zero-order chi connectivity index (χ0) is 13.1. The third-order valence-electron chi connectivity index (χ3n) is 2.85.